The lowest BCUT2D eigenvalue weighted by atomic mass is 9.84. The normalized spacial score (nSPS) is 20.6. The molecule has 0 saturated heterocycles. The molecule has 0 aromatic heterocycles. The van der Waals surface area contributed by atoms with Crippen LogP contribution in [0.4, 0.5) is 13.2 Å². The van der Waals surface area contributed by atoms with Crippen molar-refractivity contribution >= 4 is 5.96 Å². The second-order valence-corrected chi connectivity index (χ2v) is 8.92. The molecule has 1 aliphatic heterocycles. The second kappa shape index (κ2) is 8.47. The molecule has 3 aromatic rings. The van der Waals surface area contributed by atoms with Crippen LogP contribution < -0.4 is 5.73 Å². The third-order valence-electron chi connectivity index (χ3n) is 6.70. The Morgan fingerprint density at radius 3 is 2.29 bits per heavy atom. The van der Waals surface area contributed by atoms with Gasteiger partial charge in [0.25, 0.3) is 0 Å². The summed E-state index contributed by atoms with van der Waals surface area (Å²) < 4.78 is 40.0. The highest BCUT2D eigenvalue weighted by molar-refractivity contribution is 5.79. The Labute approximate surface area is 196 Å². The number of hydrogen-bond acceptors (Lipinski definition) is 4. The summed E-state index contributed by atoms with van der Waals surface area (Å²) >= 11 is 0. The number of nitrogens with two attached hydrogens (primary N) is 1. The van der Waals surface area contributed by atoms with Gasteiger partial charge in [-0.25, -0.2) is 14.9 Å². The monoisotopic (exact) mass is 465 g/mol. The van der Waals surface area contributed by atoms with Crippen LogP contribution in [-0.2, 0) is 36.0 Å². The Bertz CT molecular complexity index is 1250. The molecule has 5 rings (SSSR count). The first-order chi connectivity index (χ1) is 16.2. The molecule has 0 amide bonds. The van der Waals surface area contributed by atoms with E-state index in [1.165, 1.54) is 28.3 Å². The quantitative estimate of drug-likeness (QED) is 0.491. The molecule has 7 heteroatoms. The summed E-state index contributed by atoms with van der Waals surface area (Å²) in [5.41, 5.74) is 10.1. The molecule has 176 valence electrons. The van der Waals surface area contributed by atoms with Crippen LogP contribution in [0.15, 0.2) is 71.7 Å². The number of hydrogen-bond donors (Lipinski definition) is 1. The number of fused-ring (bicyclic) bond motifs is 3. The number of aryl methyl sites for hydroxylation is 3. The van der Waals surface area contributed by atoms with Crippen molar-refractivity contribution < 1.29 is 18.0 Å². The first kappa shape index (κ1) is 22.5. The van der Waals surface area contributed by atoms with E-state index in [2.05, 4.69) is 18.2 Å². The molecule has 1 atom stereocenters. The van der Waals surface area contributed by atoms with Crippen molar-refractivity contribution in [2.75, 3.05) is 7.05 Å². The molecule has 1 aliphatic carbocycles. The molecule has 0 bridgehead atoms. The average Bonchev–Trinajstić information content (AvgIpc) is 3.12. The van der Waals surface area contributed by atoms with Gasteiger partial charge < -0.3 is 5.73 Å². The van der Waals surface area contributed by atoms with Gasteiger partial charge in [0.05, 0.1) is 5.56 Å². The Kier molecular flexibility index (Phi) is 5.60. The molecular formula is C27H26F3N3O. The van der Waals surface area contributed by atoms with Gasteiger partial charge in [0.15, 0.2) is 0 Å². The van der Waals surface area contributed by atoms with Gasteiger partial charge in [-0.3, -0.25) is 0 Å². The summed E-state index contributed by atoms with van der Waals surface area (Å²) in [6.45, 7) is 0. The molecule has 4 nitrogen and oxygen atoms in total. The minimum atomic E-state index is -4.40. The van der Waals surface area contributed by atoms with Crippen LogP contribution in [0, 0.1) is 0 Å². The summed E-state index contributed by atoms with van der Waals surface area (Å²) in [4.78, 5) is 11.0. The van der Waals surface area contributed by atoms with Crippen molar-refractivity contribution in [2.24, 2.45) is 10.7 Å². The molecule has 0 saturated carbocycles. The topological polar surface area (TPSA) is 50.8 Å². The van der Waals surface area contributed by atoms with Crippen molar-refractivity contribution in [3.8, 4) is 11.1 Å². The van der Waals surface area contributed by atoms with Crippen molar-refractivity contribution in [1.82, 2.24) is 5.06 Å². The van der Waals surface area contributed by atoms with Crippen LogP contribution in [0.2, 0.25) is 0 Å². The maximum atomic E-state index is 13.3. The Morgan fingerprint density at radius 2 is 1.59 bits per heavy atom. The number of benzene rings is 3. The van der Waals surface area contributed by atoms with Crippen molar-refractivity contribution in [1.29, 1.82) is 0 Å². The van der Waals surface area contributed by atoms with Crippen LogP contribution in [0.5, 0.6) is 0 Å². The molecule has 2 N–H and O–H groups in total. The molecule has 1 unspecified atom stereocenters. The fourth-order valence-corrected chi connectivity index (χ4v) is 4.93. The van der Waals surface area contributed by atoms with Crippen molar-refractivity contribution in [3.63, 3.8) is 0 Å². The van der Waals surface area contributed by atoms with Crippen LogP contribution in [0.1, 0.15) is 40.7 Å². The first-order valence-corrected chi connectivity index (χ1v) is 11.4. The smallest absolute Gasteiger partial charge is 0.368 e. The third kappa shape index (κ3) is 4.16. The minimum Gasteiger partial charge on any atom is -0.368 e. The molecule has 34 heavy (non-hydrogen) atoms. The van der Waals surface area contributed by atoms with E-state index >= 15 is 0 Å². The highest BCUT2D eigenvalue weighted by atomic mass is 19.4. The Morgan fingerprint density at radius 1 is 0.882 bits per heavy atom. The van der Waals surface area contributed by atoms with E-state index in [-0.39, 0.29) is 5.96 Å². The van der Waals surface area contributed by atoms with Gasteiger partial charge in [-0.15, -0.1) is 0 Å². The van der Waals surface area contributed by atoms with Gasteiger partial charge >= 0.3 is 6.18 Å². The molecule has 1 spiro atoms. The maximum absolute atomic E-state index is 13.3. The summed E-state index contributed by atoms with van der Waals surface area (Å²) in [7, 11) is 1.72. The van der Waals surface area contributed by atoms with Gasteiger partial charge in [-0.2, -0.15) is 13.2 Å². The zero-order valence-electron chi connectivity index (χ0n) is 18.9. The highest BCUT2D eigenvalue weighted by Crippen LogP contribution is 2.42. The van der Waals surface area contributed by atoms with E-state index in [4.69, 9.17) is 15.6 Å². The fourth-order valence-electron chi connectivity index (χ4n) is 4.93. The third-order valence-corrected chi connectivity index (χ3v) is 6.70. The summed E-state index contributed by atoms with van der Waals surface area (Å²) in [5, 5.41) is 1.47. The van der Waals surface area contributed by atoms with Crippen LogP contribution in [0.25, 0.3) is 11.1 Å². The second-order valence-electron chi connectivity index (χ2n) is 8.92. The zero-order valence-corrected chi connectivity index (χ0v) is 18.9. The van der Waals surface area contributed by atoms with Gasteiger partial charge in [0.1, 0.15) is 0 Å². The molecule has 3 aromatic carbocycles. The lowest BCUT2D eigenvalue weighted by Crippen LogP contribution is -2.33. The molecule has 0 radical (unpaired) electrons. The lowest BCUT2D eigenvalue weighted by Gasteiger charge is -2.30. The molecule has 2 aliphatic rings. The molecular weight excluding hydrogens is 439 g/mol. The van der Waals surface area contributed by atoms with E-state index in [0.717, 1.165) is 42.9 Å². The number of alkyl halides is 3. The van der Waals surface area contributed by atoms with Crippen LogP contribution in [0.3, 0.4) is 0 Å². The number of nitrogens with zero attached hydrogens (tertiary/aromatic N) is 2. The number of hydroxylamine groups is 2. The summed E-state index contributed by atoms with van der Waals surface area (Å²) in [6.07, 6.45) is -0.387. The molecule has 1 heterocycles. The average molecular weight is 466 g/mol. The lowest BCUT2D eigenvalue weighted by molar-refractivity contribution is -0.176. The van der Waals surface area contributed by atoms with Crippen molar-refractivity contribution in [2.45, 2.75) is 44.0 Å². The predicted octanol–water partition coefficient (Wildman–Crippen LogP) is 5.84. The van der Waals surface area contributed by atoms with Gasteiger partial charge in [0.2, 0.25) is 11.7 Å². The van der Waals surface area contributed by atoms with Gasteiger partial charge in [-0.05, 0) is 71.7 Å². The molecule has 0 fully saturated rings. The predicted molar refractivity (Wildman–Crippen MR) is 126 cm³/mol. The highest BCUT2D eigenvalue weighted by Gasteiger charge is 2.42. The van der Waals surface area contributed by atoms with E-state index in [1.54, 1.807) is 13.1 Å². The largest absolute Gasteiger partial charge is 0.416 e. The number of guanidine groups is 1. The first-order valence-electron chi connectivity index (χ1n) is 11.4. The number of rotatable bonds is 1. The van der Waals surface area contributed by atoms with E-state index in [1.807, 2.05) is 24.3 Å². The Balaban J connectivity index is 1.62. The zero-order chi connectivity index (χ0) is 23.9. The summed E-state index contributed by atoms with van der Waals surface area (Å²) in [5.74, 6) is 0.278. The number of aliphatic imine (C=N–C) groups is 1. The number of halogens is 3. The standard InChI is InChI=1S/C27H26F3N3O/c1-33-25(31)32-26(34-33)15-14-19-7-3-2-6-18(19)8-4-9-20-12-13-22(17-24(20)26)21-10-5-11-23(16-21)27(28,29)30/h2-3,5-7,10-13,16-17H,4,8-9,14-15H2,1H3,(H2,31,32). The Hall–Kier alpha value is -3.32. The minimum absolute atomic E-state index is 0.278. The van der Waals surface area contributed by atoms with Crippen LogP contribution in [-0.4, -0.2) is 18.1 Å². The van der Waals surface area contributed by atoms with E-state index in [9.17, 15) is 13.2 Å². The van der Waals surface area contributed by atoms with Crippen LogP contribution >= 0.6 is 0 Å². The maximum Gasteiger partial charge on any atom is 0.416 e. The van der Waals surface area contributed by atoms with Gasteiger partial charge in [0, 0.05) is 19.0 Å². The summed E-state index contributed by atoms with van der Waals surface area (Å²) in [6, 6.07) is 19.6. The van der Waals surface area contributed by atoms with Gasteiger partial charge in [-0.1, -0.05) is 48.5 Å². The fraction of sp³-hybridized carbons (Fsp3) is 0.296. The van der Waals surface area contributed by atoms with Crippen molar-refractivity contribution in [3.05, 3.63) is 94.5 Å². The SMILES string of the molecule is CN1OC2(CCc3ccccc3CCCc3ccc(-c4cccc(C(F)(F)F)c4)cc32)N=C1N. The van der Waals surface area contributed by atoms with E-state index < -0.39 is 17.5 Å². The van der Waals surface area contributed by atoms with E-state index in [0.29, 0.717) is 17.5 Å².